The summed E-state index contributed by atoms with van der Waals surface area (Å²) in [6.07, 6.45) is 3.53. The first-order chi connectivity index (χ1) is 14.4. The fourth-order valence-electron chi connectivity index (χ4n) is 2.91. The molecule has 0 spiro atoms. The van der Waals surface area contributed by atoms with E-state index in [2.05, 4.69) is 16.6 Å². The van der Waals surface area contributed by atoms with E-state index in [0.717, 1.165) is 38.7 Å². The lowest BCUT2D eigenvalue weighted by molar-refractivity contribution is -0.138. The average molecular weight is 465 g/mol. The van der Waals surface area contributed by atoms with Crippen LogP contribution in [-0.2, 0) is 21.2 Å². The summed E-state index contributed by atoms with van der Waals surface area (Å²) in [6, 6.07) is 12.4. The van der Waals surface area contributed by atoms with Gasteiger partial charge in [0, 0.05) is 5.75 Å². The van der Waals surface area contributed by atoms with Crippen LogP contribution in [0.15, 0.2) is 57.8 Å². The first-order valence-electron chi connectivity index (χ1n) is 9.71. The second kappa shape index (κ2) is 10.4. The van der Waals surface area contributed by atoms with E-state index in [9.17, 15) is 18.3 Å². The van der Waals surface area contributed by atoms with E-state index in [4.69, 9.17) is 0 Å². The van der Waals surface area contributed by atoms with E-state index < -0.39 is 22.0 Å². The van der Waals surface area contributed by atoms with Crippen molar-refractivity contribution < 1.29 is 18.3 Å². The van der Waals surface area contributed by atoms with Crippen molar-refractivity contribution in [1.82, 2.24) is 9.71 Å². The van der Waals surface area contributed by atoms with E-state index in [-0.39, 0.29) is 11.3 Å². The van der Waals surface area contributed by atoms with Crippen LogP contribution in [0, 0.1) is 0 Å². The summed E-state index contributed by atoms with van der Waals surface area (Å²) in [5.41, 5.74) is 1.49. The molecule has 0 unspecified atom stereocenters. The third-order valence-electron chi connectivity index (χ3n) is 4.50. The molecule has 0 saturated carbocycles. The first kappa shape index (κ1) is 22.7. The van der Waals surface area contributed by atoms with Gasteiger partial charge in [0.15, 0.2) is 4.34 Å². The zero-order valence-electron chi connectivity index (χ0n) is 16.6. The third-order valence-corrected chi connectivity index (χ3v) is 8.22. The van der Waals surface area contributed by atoms with Crippen molar-refractivity contribution in [2.75, 3.05) is 5.75 Å². The maximum absolute atomic E-state index is 12.8. The summed E-state index contributed by atoms with van der Waals surface area (Å²) in [5.74, 6) is -0.229. The minimum atomic E-state index is -3.99. The molecule has 2 N–H and O–H groups in total. The van der Waals surface area contributed by atoms with Crippen molar-refractivity contribution >= 4 is 49.3 Å². The SMILES string of the molecule is CCCCCSc1nc2ccc(S(=O)(=O)N[C@H](Cc3ccccc3)C(=O)O)cc2s1. The Labute approximate surface area is 184 Å². The fourth-order valence-corrected chi connectivity index (χ4v) is 6.38. The predicted molar refractivity (Wildman–Crippen MR) is 122 cm³/mol. The van der Waals surface area contributed by atoms with Crippen molar-refractivity contribution in [3.63, 3.8) is 0 Å². The molecular formula is C21H24N2O4S3. The lowest BCUT2D eigenvalue weighted by Gasteiger charge is -2.15. The number of thiazole rings is 1. The van der Waals surface area contributed by atoms with Gasteiger partial charge in [-0.2, -0.15) is 4.72 Å². The molecular weight excluding hydrogens is 440 g/mol. The molecule has 30 heavy (non-hydrogen) atoms. The summed E-state index contributed by atoms with van der Waals surface area (Å²) in [7, 11) is -3.99. The Bertz CT molecular complexity index is 1100. The molecule has 2 aromatic carbocycles. The van der Waals surface area contributed by atoms with Crippen LogP contribution in [0.25, 0.3) is 10.2 Å². The highest BCUT2D eigenvalue weighted by atomic mass is 32.2. The van der Waals surface area contributed by atoms with Crippen molar-refractivity contribution in [3.05, 3.63) is 54.1 Å². The minimum absolute atomic E-state index is 0.0421. The maximum Gasteiger partial charge on any atom is 0.322 e. The molecule has 0 radical (unpaired) electrons. The number of benzene rings is 2. The highest BCUT2D eigenvalue weighted by molar-refractivity contribution is 8.01. The maximum atomic E-state index is 12.8. The molecule has 9 heteroatoms. The summed E-state index contributed by atoms with van der Waals surface area (Å²) in [5, 5.41) is 9.50. The number of fused-ring (bicyclic) bond motifs is 1. The number of nitrogens with one attached hydrogen (secondary N) is 1. The summed E-state index contributed by atoms with van der Waals surface area (Å²) < 4.78 is 29.7. The Morgan fingerprint density at radius 2 is 1.97 bits per heavy atom. The summed E-state index contributed by atoms with van der Waals surface area (Å²) in [6.45, 7) is 2.16. The number of carbonyl (C=O) groups is 1. The number of aliphatic carboxylic acids is 1. The number of carboxylic acids is 1. The Hall–Kier alpha value is -1.94. The quantitative estimate of drug-likeness (QED) is 0.319. The Morgan fingerprint density at radius 3 is 2.67 bits per heavy atom. The van der Waals surface area contributed by atoms with Gasteiger partial charge in [-0.25, -0.2) is 13.4 Å². The number of hydrogen-bond acceptors (Lipinski definition) is 6. The van der Waals surface area contributed by atoms with Crippen LogP contribution in [0.5, 0.6) is 0 Å². The van der Waals surface area contributed by atoms with Crippen molar-refractivity contribution in [1.29, 1.82) is 0 Å². The van der Waals surface area contributed by atoms with Crippen molar-refractivity contribution in [2.45, 2.75) is 47.9 Å². The molecule has 6 nitrogen and oxygen atoms in total. The van der Waals surface area contributed by atoms with Gasteiger partial charge in [-0.3, -0.25) is 4.79 Å². The molecule has 160 valence electrons. The number of carboxylic acid groups (broad SMARTS) is 1. The van der Waals surface area contributed by atoms with Crippen LogP contribution in [-0.4, -0.2) is 36.3 Å². The van der Waals surface area contributed by atoms with E-state index in [1.54, 1.807) is 48.2 Å². The van der Waals surface area contributed by atoms with Crippen LogP contribution in [0.3, 0.4) is 0 Å². The van der Waals surface area contributed by atoms with E-state index in [1.165, 1.54) is 23.8 Å². The zero-order valence-corrected chi connectivity index (χ0v) is 19.0. The van der Waals surface area contributed by atoms with Gasteiger partial charge < -0.3 is 5.11 Å². The van der Waals surface area contributed by atoms with Gasteiger partial charge in [0.1, 0.15) is 6.04 Å². The molecule has 1 aromatic heterocycles. The molecule has 1 heterocycles. The molecule has 0 bridgehead atoms. The lowest BCUT2D eigenvalue weighted by Crippen LogP contribution is -2.42. The monoisotopic (exact) mass is 464 g/mol. The second-order valence-corrected chi connectivity index (χ2v) is 11.0. The predicted octanol–water partition coefficient (Wildman–Crippen LogP) is 4.55. The third kappa shape index (κ3) is 6.04. The molecule has 3 rings (SSSR count). The minimum Gasteiger partial charge on any atom is -0.480 e. The number of unbranched alkanes of at least 4 members (excludes halogenated alkanes) is 2. The number of hydrogen-bond donors (Lipinski definition) is 2. The number of nitrogens with zero attached hydrogens (tertiary/aromatic N) is 1. The van der Waals surface area contributed by atoms with Gasteiger partial charge in [-0.15, -0.1) is 11.3 Å². The largest absolute Gasteiger partial charge is 0.480 e. The lowest BCUT2D eigenvalue weighted by atomic mass is 10.1. The molecule has 0 amide bonds. The van der Waals surface area contributed by atoms with Gasteiger partial charge in [0.2, 0.25) is 10.0 Å². The molecule has 0 saturated heterocycles. The zero-order chi connectivity index (χ0) is 21.6. The standard InChI is InChI=1S/C21H24N2O4S3/c1-2-3-7-12-28-21-22-17-11-10-16(14-19(17)29-21)30(26,27)23-18(20(24)25)13-15-8-5-4-6-9-15/h4-6,8-11,14,18,23H,2-3,7,12-13H2,1H3,(H,24,25)/t18-/m1/s1. The number of thioether (sulfide) groups is 1. The highest BCUT2D eigenvalue weighted by Crippen LogP contribution is 2.31. The Balaban J connectivity index is 1.76. The summed E-state index contributed by atoms with van der Waals surface area (Å²) in [4.78, 5) is 16.2. The van der Waals surface area contributed by atoms with E-state index in [1.807, 2.05) is 6.07 Å². The molecule has 0 fully saturated rings. The van der Waals surface area contributed by atoms with Crippen LogP contribution < -0.4 is 4.72 Å². The number of aromatic nitrogens is 1. The van der Waals surface area contributed by atoms with E-state index in [0.29, 0.717) is 0 Å². The van der Waals surface area contributed by atoms with Gasteiger partial charge in [-0.05, 0) is 36.6 Å². The molecule has 0 aliphatic carbocycles. The Morgan fingerprint density at radius 1 is 1.20 bits per heavy atom. The van der Waals surface area contributed by atoms with Crippen LogP contribution in [0.2, 0.25) is 0 Å². The van der Waals surface area contributed by atoms with Crippen molar-refractivity contribution in [3.8, 4) is 0 Å². The smallest absolute Gasteiger partial charge is 0.322 e. The van der Waals surface area contributed by atoms with Gasteiger partial charge in [-0.1, -0.05) is 61.9 Å². The number of rotatable bonds is 11. The topological polar surface area (TPSA) is 96.4 Å². The van der Waals surface area contributed by atoms with Gasteiger partial charge in [0.25, 0.3) is 0 Å². The molecule has 0 aliphatic rings. The highest BCUT2D eigenvalue weighted by Gasteiger charge is 2.26. The van der Waals surface area contributed by atoms with Crippen LogP contribution in [0.1, 0.15) is 31.7 Å². The van der Waals surface area contributed by atoms with Gasteiger partial charge in [0.05, 0.1) is 15.1 Å². The molecule has 3 aromatic rings. The molecule has 1 atom stereocenters. The Kier molecular flexibility index (Phi) is 7.87. The first-order valence-corrected chi connectivity index (χ1v) is 13.0. The molecule has 0 aliphatic heterocycles. The van der Waals surface area contributed by atoms with E-state index >= 15 is 0 Å². The fraction of sp³-hybridized carbons (Fsp3) is 0.333. The second-order valence-electron chi connectivity index (χ2n) is 6.87. The normalized spacial score (nSPS) is 12.8. The van der Waals surface area contributed by atoms with Crippen molar-refractivity contribution in [2.24, 2.45) is 0 Å². The van der Waals surface area contributed by atoms with Crippen LogP contribution in [0.4, 0.5) is 0 Å². The number of sulfonamides is 1. The summed E-state index contributed by atoms with van der Waals surface area (Å²) >= 11 is 3.14. The van der Waals surface area contributed by atoms with Gasteiger partial charge >= 0.3 is 5.97 Å². The average Bonchev–Trinajstić information content (AvgIpc) is 3.13. The van der Waals surface area contributed by atoms with Crippen LogP contribution >= 0.6 is 23.1 Å².